The standard InChI is InChI=1S/C22H24INO7S/c1-13(25)14-3-6-16(7-4-14)24-22(28)31-21(17-11-15(23)5-8-18(17)26)19(29-2)9-10-30-20(27)12-32/h3-8,11,19,21,26,32H,9-10,12H2,1-2H3,(H,24,28)/t19-,21-/m0/s1. The summed E-state index contributed by atoms with van der Waals surface area (Å²) in [4.78, 5) is 35.4. The summed E-state index contributed by atoms with van der Waals surface area (Å²) in [5.41, 5.74) is 1.30. The summed E-state index contributed by atoms with van der Waals surface area (Å²) in [6.45, 7) is 1.48. The second-order valence-corrected chi connectivity index (χ2v) is 8.29. The summed E-state index contributed by atoms with van der Waals surface area (Å²) in [5, 5.41) is 13.0. The van der Waals surface area contributed by atoms with Gasteiger partial charge in [-0.2, -0.15) is 12.6 Å². The lowest BCUT2D eigenvalue weighted by molar-refractivity contribution is -0.141. The Balaban J connectivity index is 2.21. The molecule has 0 saturated heterocycles. The van der Waals surface area contributed by atoms with Gasteiger partial charge in [0, 0.05) is 33.9 Å². The lowest BCUT2D eigenvalue weighted by atomic mass is 10.0. The van der Waals surface area contributed by atoms with Crippen LogP contribution in [0.5, 0.6) is 5.75 Å². The first-order chi connectivity index (χ1) is 15.2. The maximum absolute atomic E-state index is 12.6. The number of rotatable bonds is 10. The van der Waals surface area contributed by atoms with Crippen molar-refractivity contribution in [3.05, 3.63) is 57.2 Å². The lowest BCUT2D eigenvalue weighted by Gasteiger charge is -2.27. The van der Waals surface area contributed by atoms with Crippen molar-refractivity contribution in [2.75, 3.05) is 24.8 Å². The number of hydrogen-bond acceptors (Lipinski definition) is 8. The molecule has 0 saturated carbocycles. The molecule has 0 radical (unpaired) electrons. The van der Waals surface area contributed by atoms with E-state index in [2.05, 4.69) is 40.5 Å². The van der Waals surface area contributed by atoms with Crippen LogP contribution in [0.1, 0.15) is 35.4 Å². The highest BCUT2D eigenvalue weighted by molar-refractivity contribution is 14.1. The first-order valence-electron chi connectivity index (χ1n) is 9.61. The van der Waals surface area contributed by atoms with E-state index in [9.17, 15) is 19.5 Å². The van der Waals surface area contributed by atoms with Crippen LogP contribution < -0.4 is 5.32 Å². The van der Waals surface area contributed by atoms with Gasteiger partial charge >= 0.3 is 12.1 Å². The molecule has 10 heteroatoms. The summed E-state index contributed by atoms with van der Waals surface area (Å²) >= 11 is 5.94. The van der Waals surface area contributed by atoms with E-state index in [0.717, 1.165) is 3.57 Å². The van der Waals surface area contributed by atoms with Crippen LogP contribution in [0, 0.1) is 3.57 Å². The number of ketones is 1. The number of carbonyl (C=O) groups is 3. The fourth-order valence-electron chi connectivity index (χ4n) is 2.87. The van der Waals surface area contributed by atoms with Gasteiger partial charge in [-0.25, -0.2) is 4.79 Å². The van der Waals surface area contributed by atoms with Crippen LogP contribution in [0.25, 0.3) is 0 Å². The largest absolute Gasteiger partial charge is 0.508 e. The predicted molar refractivity (Wildman–Crippen MR) is 130 cm³/mol. The molecule has 172 valence electrons. The van der Waals surface area contributed by atoms with E-state index in [1.807, 2.05) is 0 Å². The Hall–Kier alpha value is -2.31. The number of ether oxygens (including phenoxy) is 3. The number of anilines is 1. The molecule has 0 heterocycles. The molecule has 0 fully saturated rings. The zero-order valence-corrected chi connectivity index (χ0v) is 20.6. The van der Waals surface area contributed by atoms with Crippen LogP contribution in [0.2, 0.25) is 0 Å². The number of Topliss-reactive ketones (excluding diaryl/α,β-unsaturated/α-hetero) is 1. The number of carbonyl (C=O) groups excluding carboxylic acids is 3. The molecule has 2 N–H and O–H groups in total. The third-order valence-corrected chi connectivity index (χ3v) is 5.43. The van der Waals surface area contributed by atoms with Gasteiger partial charge < -0.3 is 19.3 Å². The van der Waals surface area contributed by atoms with E-state index in [1.54, 1.807) is 36.4 Å². The topological polar surface area (TPSA) is 111 Å². The Morgan fingerprint density at radius 2 is 1.84 bits per heavy atom. The summed E-state index contributed by atoms with van der Waals surface area (Å²) < 4.78 is 17.0. The Labute approximate surface area is 205 Å². The molecule has 8 nitrogen and oxygen atoms in total. The van der Waals surface area contributed by atoms with Crippen LogP contribution in [0.4, 0.5) is 10.5 Å². The molecule has 2 atom stereocenters. The molecule has 2 rings (SSSR count). The number of esters is 1. The molecule has 0 spiro atoms. The summed E-state index contributed by atoms with van der Waals surface area (Å²) in [6.07, 6.45) is -2.26. The van der Waals surface area contributed by atoms with E-state index < -0.39 is 24.3 Å². The number of thiol groups is 1. The Morgan fingerprint density at radius 3 is 2.44 bits per heavy atom. The lowest BCUT2D eigenvalue weighted by Crippen LogP contribution is -2.29. The maximum Gasteiger partial charge on any atom is 0.412 e. The minimum atomic E-state index is -0.985. The van der Waals surface area contributed by atoms with Crippen molar-refractivity contribution >= 4 is 58.8 Å². The number of halogens is 1. The van der Waals surface area contributed by atoms with Crippen molar-refractivity contribution in [1.82, 2.24) is 0 Å². The first kappa shape index (κ1) is 25.9. The van der Waals surface area contributed by atoms with Gasteiger partial charge in [-0.3, -0.25) is 14.9 Å². The van der Waals surface area contributed by atoms with Gasteiger partial charge in [0.2, 0.25) is 0 Å². The summed E-state index contributed by atoms with van der Waals surface area (Å²) in [7, 11) is 1.44. The number of hydrogen-bond donors (Lipinski definition) is 3. The summed E-state index contributed by atoms with van der Waals surface area (Å²) in [6, 6.07) is 11.2. The second-order valence-electron chi connectivity index (χ2n) is 6.73. The van der Waals surface area contributed by atoms with Crippen molar-refractivity contribution in [3.8, 4) is 5.75 Å². The van der Waals surface area contributed by atoms with Crippen molar-refractivity contribution < 1.29 is 33.7 Å². The van der Waals surface area contributed by atoms with Gasteiger partial charge in [-0.05, 0) is 72.0 Å². The SMILES string of the molecule is CO[C@@H](CCOC(=O)CS)[C@@H](OC(=O)Nc1ccc(C(C)=O)cc1)c1cc(I)ccc1O. The minimum Gasteiger partial charge on any atom is -0.508 e. The molecular weight excluding hydrogens is 549 g/mol. The number of methoxy groups -OCH3 is 1. The van der Waals surface area contributed by atoms with Crippen molar-refractivity contribution in [1.29, 1.82) is 0 Å². The number of aromatic hydroxyl groups is 1. The van der Waals surface area contributed by atoms with Gasteiger partial charge in [0.25, 0.3) is 0 Å². The third-order valence-electron chi connectivity index (χ3n) is 4.50. The van der Waals surface area contributed by atoms with Crippen molar-refractivity contribution in [3.63, 3.8) is 0 Å². The Kier molecular flexibility index (Phi) is 10.3. The van der Waals surface area contributed by atoms with E-state index in [-0.39, 0.29) is 30.3 Å². The number of benzene rings is 2. The zero-order chi connectivity index (χ0) is 23.7. The fraction of sp³-hybridized carbons (Fsp3) is 0.318. The van der Waals surface area contributed by atoms with Gasteiger partial charge in [0.15, 0.2) is 11.9 Å². The average molecular weight is 573 g/mol. The van der Waals surface area contributed by atoms with Gasteiger partial charge in [-0.1, -0.05) is 0 Å². The average Bonchev–Trinajstić information content (AvgIpc) is 2.77. The zero-order valence-electron chi connectivity index (χ0n) is 17.5. The van der Waals surface area contributed by atoms with Gasteiger partial charge in [0.05, 0.1) is 12.4 Å². The van der Waals surface area contributed by atoms with Crippen LogP contribution in [-0.4, -0.2) is 48.5 Å². The van der Waals surface area contributed by atoms with Gasteiger partial charge in [-0.15, -0.1) is 0 Å². The first-order valence-corrected chi connectivity index (χ1v) is 11.3. The normalized spacial score (nSPS) is 12.5. The van der Waals surface area contributed by atoms with Crippen LogP contribution in [-0.2, 0) is 19.0 Å². The molecule has 0 unspecified atom stereocenters. The molecule has 32 heavy (non-hydrogen) atoms. The number of nitrogens with one attached hydrogen (secondary N) is 1. The molecule has 0 aliphatic rings. The molecule has 2 aromatic rings. The molecular formula is C22H24INO7S. The number of phenols is 1. The quantitative estimate of drug-likeness (QED) is 0.168. The smallest absolute Gasteiger partial charge is 0.412 e. The van der Waals surface area contributed by atoms with Gasteiger partial charge in [0.1, 0.15) is 11.9 Å². The molecule has 1 amide bonds. The third kappa shape index (κ3) is 7.68. The minimum absolute atomic E-state index is 0.0244. The highest BCUT2D eigenvalue weighted by Crippen LogP contribution is 2.33. The van der Waals surface area contributed by atoms with E-state index in [0.29, 0.717) is 16.8 Å². The van der Waals surface area contributed by atoms with Crippen molar-refractivity contribution in [2.24, 2.45) is 0 Å². The molecule has 0 bridgehead atoms. The Morgan fingerprint density at radius 1 is 1.16 bits per heavy atom. The molecule has 0 aliphatic carbocycles. The van der Waals surface area contributed by atoms with Crippen LogP contribution in [0.3, 0.4) is 0 Å². The highest BCUT2D eigenvalue weighted by Gasteiger charge is 2.30. The van der Waals surface area contributed by atoms with Crippen molar-refractivity contribution in [2.45, 2.75) is 25.6 Å². The van der Waals surface area contributed by atoms with E-state index in [4.69, 9.17) is 14.2 Å². The predicted octanol–water partition coefficient (Wildman–Crippen LogP) is 4.37. The fourth-order valence-corrected chi connectivity index (χ4v) is 3.48. The summed E-state index contributed by atoms with van der Waals surface area (Å²) in [5.74, 6) is -0.692. The molecule has 0 aliphatic heterocycles. The molecule has 0 aromatic heterocycles. The number of amides is 1. The number of phenolic OH excluding ortho intramolecular Hbond substituents is 1. The van der Waals surface area contributed by atoms with Crippen LogP contribution >= 0.6 is 35.2 Å². The monoisotopic (exact) mass is 573 g/mol. The Bertz CT molecular complexity index is 952. The highest BCUT2D eigenvalue weighted by atomic mass is 127. The van der Waals surface area contributed by atoms with E-state index in [1.165, 1.54) is 20.1 Å². The van der Waals surface area contributed by atoms with E-state index >= 15 is 0 Å². The second kappa shape index (κ2) is 12.7. The van der Waals surface area contributed by atoms with Crippen LogP contribution in [0.15, 0.2) is 42.5 Å². The maximum atomic E-state index is 12.6. The molecule has 2 aromatic carbocycles.